The van der Waals surface area contributed by atoms with Crippen molar-refractivity contribution in [2.24, 2.45) is 0 Å². The maximum atomic E-state index is 5.41. The van der Waals surface area contributed by atoms with E-state index in [0.29, 0.717) is 5.69 Å². The van der Waals surface area contributed by atoms with E-state index in [1.54, 1.807) is 6.20 Å². The monoisotopic (exact) mass is 192 g/mol. The van der Waals surface area contributed by atoms with Crippen molar-refractivity contribution >= 4 is 21.8 Å². The molecule has 1 N–H and O–H groups in total. The molecule has 70 valence electrons. The third-order valence-corrected chi connectivity index (χ3v) is 2.56. The van der Waals surface area contributed by atoms with Gasteiger partial charge in [-0.3, -0.25) is 0 Å². The first-order valence-corrected chi connectivity index (χ1v) is 4.72. The molecular weight excluding hydrogens is 184 g/mol. The molecule has 0 unspecified atom stereocenters. The zero-order valence-corrected chi connectivity index (χ0v) is 7.99. The number of pyridine rings is 1. The molecule has 2 aromatic heterocycles. The molecule has 1 aromatic carbocycles. The van der Waals surface area contributed by atoms with Crippen LogP contribution in [0.15, 0.2) is 36.5 Å². The molecule has 3 rings (SSSR count). The van der Waals surface area contributed by atoms with Gasteiger partial charge in [0, 0.05) is 22.5 Å². The molecule has 0 spiro atoms. The standard InChI is InChI=1S/C13H8N2/c1-2-11-13-10(7-8-14-11)9-5-3-4-6-12(9)15-13/h1,3-8,15H. The minimum Gasteiger partial charge on any atom is -0.352 e. The molecule has 0 saturated carbocycles. The number of terminal acetylenes is 1. The number of nitrogens with zero attached hydrogens (tertiary/aromatic N) is 1. The smallest absolute Gasteiger partial charge is 0.136 e. The molecule has 0 bridgehead atoms. The van der Waals surface area contributed by atoms with Crippen LogP contribution in [0.4, 0.5) is 0 Å². The van der Waals surface area contributed by atoms with E-state index in [-0.39, 0.29) is 0 Å². The van der Waals surface area contributed by atoms with Gasteiger partial charge in [0.05, 0.1) is 5.52 Å². The van der Waals surface area contributed by atoms with Crippen molar-refractivity contribution in [1.82, 2.24) is 9.97 Å². The summed E-state index contributed by atoms with van der Waals surface area (Å²) in [6, 6.07) is 10.1. The zero-order chi connectivity index (χ0) is 10.3. The van der Waals surface area contributed by atoms with Gasteiger partial charge in [0.1, 0.15) is 5.69 Å². The number of hydrogen-bond donors (Lipinski definition) is 1. The van der Waals surface area contributed by atoms with Gasteiger partial charge >= 0.3 is 0 Å². The summed E-state index contributed by atoms with van der Waals surface area (Å²) in [5.74, 6) is 2.59. The fourth-order valence-corrected chi connectivity index (χ4v) is 1.88. The van der Waals surface area contributed by atoms with Gasteiger partial charge in [-0.2, -0.15) is 0 Å². The lowest BCUT2D eigenvalue weighted by Gasteiger charge is -1.92. The van der Waals surface area contributed by atoms with Crippen molar-refractivity contribution in [3.8, 4) is 12.3 Å². The fraction of sp³-hybridized carbons (Fsp3) is 0. The summed E-state index contributed by atoms with van der Waals surface area (Å²) < 4.78 is 0. The SMILES string of the molecule is C#Cc1nccc2c1[nH]c1ccccc12. The van der Waals surface area contributed by atoms with E-state index < -0.39 is 0 Å². The van der Waals surface area contributed by atoms with E-state index in [2.05, 4.69) is 22.0 Å². The molecule has 0 saturated heterocycles. The Hall–Kier alpha value is -2.27. The Labute approximate surface area is 87.0 Å². The number of benzene rings is 1. The lowest BCUT2D eigenvalue weighted by atomic mass is 10.2. The Morgan fingerprint density at radius 2 is 2.00 bits per heavy atom. The molecule has 15 heavy (non-hydrogen) atoms. The van der Waals surface area contributed by atoms with Crippen LogP contribution < -0.4 is 0 Å². The first-order valence-electron chi connectivity index (χ1n) is 4.72. The lowest BCUT2D eigenvalue weighted by Crippen LogP contribution is -1.82. The first-order chi connectivity index (χ1) is 7.40. The fourth-order valence-electron chi connectivity index (χ4n) is 1.88. The molecule has 2 heteroatoms. The lowest BCUT2D eigenvalue weighted by molar-refractivity contribution is 1.31. The Kier molecular flexibility index (Phi) is 1.54. The second-order valence-electron chi connectivity index (χ2n) is 3.40. The van der Waals surface area contributed by atoms with Crippen molar-refractivity contribution in [2.75, 3.05) is 0 Å². The van der Waals surface area contributed by atoms with Crippen LogP contribution in [-0.4, -0.2) is 9.97 Å². The minimum atomic E-state index is 0.670. The van der Waals surface area contributed by atoms with Crippen molar-refractivity contribution < 1.29 is 0 Å². The summed E-state index contributed by atoms with van der Waals surface area (Å²) in [6.07, 6.45) is 7.15. The number of rotatable bonds is 0. The number of para-hydroxylation sites is 1. The summed E-state index contributed by atoms with van der Waals surface area (Å²) in [5, 5.41) is 2.32. The molecule has 3 aromatic rings. The quantitative estimate of drug-likeness (QED) is 0.545. The highest BCUT2D eigenvalue weighted by molar-refractivity contribution is 6.08. The van der Waals surface area contributed by atoms with E-state index >= 15 is 0 Å². The predicted molar refractivity (Wildman–Crippen MR) is 61.5 cm³/mol. The third kappa shape index (κ3) is 1.04. The van der Waals surface area contributed by atoms with E-state index in [1.807, 2.05) is 24.3 Å². The van der Waals surface area contributed by atoms with Crippen LogP contribution >= 0.6 is 0 Å². The van der Waals surface area contributed by atoms with Crippen LogP contribution in [0, 0.1) is 12.3 Å². The summed E-state index contributed by atoms with van der Waals surface area (Å²) in [4.78, 5) is 7.45. The van der Waals surface area contributed by atoms with Crippen LogP contribution in [0.3, 0.4) is 0 Å². The number of aromatic amines is 1. The largest absolute Gasteiger partial charge is 0.352 e. The highest BCUT2D eigenvalue weighted by atomic mass is 14.8. The van der Waals surface area contributed by atoms with Crippen LogP contribution in [0.25, 0.3) is 21.8 Å². The first kappa shape index (κ1) is 8.07. The molecule has 0 amide bonds. The third-order valence-electron chi connectivity index (χ3n) is 2.56. The number of fused-ring (bicyclic) bond motifs is 3. The summed E-state index contributed by atoms with van der Waals surface area (Å²) in [6.45, 7) is 0. The highest BCUT2D eigenvalue weighted by Crippen LogP contribution is 2.25. The van der Waals surface area contributed by atoms with Gasteiger partial charge in [-0.15, -0.1) is 6.42 Å². The summed E-state index contributed by atoms with van der Waals surface area (Å²) in [5.41, 5.74) is 2.71. The highest BCUT2D eigenvalue weighted by Gasteiger charge is 2.06. The normalized spacial score (nSPS) is 10.6. The predicted octanol–water partition coefficient (Wildman–Crippen LogP) is 2.70. The van der Waals surface area contributed by atoms with E-state index in [4.69, 9.17) is 6.42 Å². The molecule has 0 aliphatic heterocycles. The van der Waals surface area contributed by atoms with Gasteiger partial charge < -0.3 is 4.98 Å². The molecule has 0 fully saturated rings. The van der Waals surface area contributed by atoms with Gasteiger partial charge in [-0.1, -0.05) is 18.2 Å². The van der Waals surface area contributed by atoms with E-state index in [1.165, 1.54) is 5.39 Å². The van der Waals surface area contributed by atoms with Crippen LogP contribution in [0.5, 0.6) is 0 Å². The maximum absolute atomic E-state index is 5.41. The Bertz CT molecular complexity index is 686. The molecule has 0 aliphatic carbocycles. The second-order valence-corrected chi connectivity index (χ2v) is 3.40. The molecule has 0 radical (unpaired) electrons. The summed E-state index contributed by atoms with van der Waals surface area (Å²) >= 11 is 0. The van der Waals surface area contributed by atoms with Crippen molar-refractivity contribution in [3.63, 3.8) is 0 Å². The van der Waals surface area contributed by atoms with Gasteiger partial charge in [-0.25, -0.2) is 4.98 Å². The van der Waals surface area contributed by atoms with Gasteiger partial charge in [0.2, 0.25) is 0 Å². The minimum absolute atomic E-state index is 0.670. The van der Waals surface area contributed by atoms with Crippen molar-refractivity contribution in [1.29, 1.82) is 0 Å². The molecule has 0 aliphatic rings. The number of nitrogens with one attached hydrogen (secondary N) is 1. The van der Waals surface area contributed by atoms with Gasteiger partial charge in [-0.05, 0) is 18.1 Å². The second kappa shape index (κ2) is 2.86. The molecular formula is C13H8N2. The molecule has 2 nitrogen and oxygen atoms in total. The Balaban J connectivity index is 2.61. The maximum Gasteiger partial charge on any atom is 0.136 e. The Morgan fingerprint density at radius 3 is 2.87 bits per heavy atom. The number of H-pyrrole nitrogens is 1. The van der Waals surface area contributed by atoms with E-state index in [0.717, 1.165) is 16.4 Å². The molecule has 2 heterocycles. The summed E-state index contributed by atoms with van der Waals surface area (Å²) in [7, 11) is 0. The van der Waals surface area contributed by atoms with E-state index in [9.17, 15) is 0 Å². The average molecular weight is 192 g/mol. The van der Waals surface area contributed by atoms with Crippen LogP contribution in [-0.2, 0) is 0 Å². The average Bonchev–Trinajstić information content (AvgIpc) is 2.67. The van der Waals surface area contributed by atoms with Gasteiger partial charge in [0.15, 0.2) is 0 Å². The number of hydrogen-bond acceptors (Lipinski definition) is 1. The van der Waals surface area contributed by atoms with Gasteiger partial charge in [0.25, 0.3) is 0 Å². The Morgan fingerprint density at radius 1 is 1.13 bits per heavy atom. The van der Waals surface area contributed by atoms with Crippen LogP contribution in [0.1, 0.15) is 5.69 Å². The number of aromatic nitrogens is 2. The zero-order valence-electron chi connectivity index (χ0n) is 7.99. The van der Waals surface area contributed by atoms with Crippen LogP contribution in [0.2, 0.25) is 0 Å². The van der Waals surface area contributed by atoms with Crippen molar-refractivity contribution in [2.45, 2.75) is 0 Å². The van der Waals surface area contributed by atoms with Crippen molar-refractivity contribution in [3.05, 3.63) is 42.2 Å². The topological polar surface area (TPSA) is 28.7 Å². The molecule has 0 atom stereocenters.